The second-order valence-electron chi connectivity index (χ2n) is 9.55. The van der Waals surface area contributed by atoms with Gasteiger partial charge in [0.25, 0.3) is 5.19 Å². The third kappa shape index (κ3) is 9.54. The van der Waals surface area contributed by atoms with Gasteiger partial charge in [-0.25, -0.2) is 9.78 Å². The van der Waals surface area contributed by atoms with Gasteiger partial charge in [0, 0.05) is 10.8 Å². The molecular formula is C21H31N3O7S2. The third-order valence-corrected chi connectivity index (χ3v) is 5.38. The number of rotatable bonds is 8. The van der Waals surface area contributed by atoms with Crippen molar-refractivity contribution in [3.05, 3.63) is 40.9 Å². The van der Waals surface area contributed by atoms with Crippen molar-refractivity contribution in [2.75, 3.05) is 4.72 Å². The first kappa shape index (κ1) is 26.8. The van der Waals surface area contributed by atoms with E-state index in [0.29, 0.717) is 12.1 Å². The first-order valence-electron chi connectivity index (χ1n) is 10.2. The van der Waals surface area contributed by atoms with Crippen molar-refractivity contribution in [3.8, 4) is 5.19 Å². The van der Waals surface area contributed by atoms with E-state index in [-0.39, 0.29) is 10.9 Å². The fourth-order valence-electron chi connectivity index (χ4n) is 2.53. The monoisotopic (exact) mass is 501 g/mol. The fraction of sp³-hybridized carbons (Fsp3) is 0.524. The van der Waals surface area contributed by atoms with Gasteiger partial charge in [0.2, 0.25) is 6.29 Å². The van der Waals surface area contributed by atoms with Gasteiger partial charge in [0.05, 0.1) is 17.4 Å². The van der Waals surface area contributed by atoms with E-state index in [9.17, 15) is 18.3 Å². The van der Waals surface area contributed by atoms with Crippen LogP contribution in [-0.2, 0) is 21.5 Å². The standard InChI is InChI=1S/C21H31N3O7S2/c1-20(2,3)17(25)30-19-23-16(12-32-19)15(22-18(26)31-21(4,5)6)11-13-7-9-14(10-8-13)24-33(27,28)29/h7-10,12,15,17,24-25H,11H2,1-6H3,(H,22,26)(H,27,28,29)/t15-,17?/m0/s1. The van der Waals surface area contributed by atoms with Crippen LogP contribution in [-0.4, -0.2) is 41.0 Å². The van der Waals surface area contributed by atoms with Gasteiger partial charge in [-0.3, -0.25) is 9.27 Å². The van der Waals surface area contributed by atoms with Crippen LogP contribution in [0.25, 0.3) is 0 Å². The Bertz CT molecular complexity index is 1040. The Balaban J connectivity index is 2.23. The largest absolute Gasteiger partial charge is 0.444 e. The molecule has 4 N–H and O–H groups in total. The van der Waals surface area contributed by atoms with E-state index in [0.717, 1.165) is 5.56 Å². The van der Waals surface area contributed by atoms with Crippen LogP contribution in [0, 0.1) is 5.41 Å². The Kier molecular flexibility index (Phi) is 8.33. The Labute approximate surface area is 198 Å². The minimum absolute atomic E-state index is 0.193. The maximum Gasteiger partial charge on any atom is 0.408 e. The maximum atomic E-state index is 12.4. The number of thiazole rings is 1. The molecule has 12 heteroatoms. The van der Waals surface area contributed by atoms with Crippen molar-refractivity contribution in [2.24, 2.45) is 5.41 Å². The van der Waals surface area contributed by atoms with Gasteiger partial charge in [-0.05, 0) is 44.9 Å². The zero-order chi connectivity index (χ0) is 25.0. The molecule has 0 aliphatic heterocycles. The van der Waals surface area contributed by atoms with Gasteiger partial charge in [0.1, 0.15) is 5.60 Å². The van der Waals surface area contributed by atoms with Crippen LogP contribution in [0.1, 0.15) is 58.8 Å². The highest BCUT2D eigenvalue weighted by atomic mass is 32.2. The van der Waals surface area contributed by atoms with Gasteiger partial charge in [-0.1, -0.05) is 44.2 Å². The molecule has 1 aromatic heterocycles. The zero-order valence-corrected chi connectivity index (χ0v) is 21.1. The number of aliphatic hydroxyl groups excluding tert-OH is 1. The number of aliphatic hydroxyl groups is 1. The molecule has 184 valence electrons. The van der Waals surface area contributed by atoms with E-state index in [2.05, 4.69) is 10.3 Å². The molecule has 0 aliphatic carbocycles. The molecule has 1 amide bonds. The van der Waals surface area contributed by atoms with Gasteiger partial charge in [0.15, 0.2) is 0 Å². The number of ether oxygens (including phenoxy) is 2. The van der Waals surface area contributed by atoms with Gasteiger partial charge in [-0.15, -0.1) is 0 Å². The van der Waals surface area contributed by atoms with Crippen molar-refractivity contribution in [1.82, 2.24) is 10.3 Å². The van der Waals surface area contributed by atoms with Crippen molar-refractivity contribution >= 4 is 33.4 Å². The summed E-state index contributed by atoms with van der Waals surface area (Å²) in [5.74, 6) is 0. The molecule has 2 rings (SSSR count). The van der Waals surface area contributed by atoms with Crippen LogP contribution in [0.4, 0.5) is 10.5 Å². The molecular weight excluding hydrogens is 470 g/mol. The van der Waals surface area contributed by atoms with Gasteiger partial charge < -0.3 is 19.9 Å². The number of carbonyl (C=O) groups is 1. The number of nitrogens with one attached hydrogen (secondary N) is 2. The van der Waals surface area contributed by atoms with Crippen molar-refractivity contribution in [1.29, 1.82) is 0 Å². The van der Waals surface area contributed by atoms with Crippen LogP contribution in [0.5, 0.6) is 5.19 Å². The number of nitrogens with zero attached hydrogens (tertiary/aromatic N) is 1. The highest BCUT2D eigenvalue weighted by Gasteiger charge is 2.27. The molecule has 0 radical (unpaired) electrons. The number of hydrogen-bond donors (Lipinski definition) is 4. The molecule has 2 atom stereocenters. The topological polar surface area (TPSA) is 147 Å². The molecule has 1 unspecified atom stereocenters. The highest BCUT2D eigenvalue weighted by molar-refractivity contribution is 7.87. The number of carbonyl (C=O) groups excluding carboxylic acids is 1. The van der Waals surface area contributed by atoms with Crippen LogP contribution in [0.3, 0.4) is 0 Å². The first-order chi connectivity index (χ1) is 15.0. The molecule has 1 aromatic carbocycles. The van der Waals surface area contributed by atoms with E-state index >= 15 is 0 Å². The zero-order valence-electron chi connectivity index (χ0n) is 19.4. The van der Waals surface area contributed by atoms with Gasteiger partial charge >= 0.3 is 16.4 Å². The number of hydrogen-bond acceptors (Lipinski definition) is 8. The van der Waals surface area contributed by atoms with Crippen molar-refractivity contribution < 1.29 is 32.3 Å². The molecule has 0 bridgehead atoms. The molecule has 0 aliphatic rings. The predicted molar refractivity (Wildman–Crippen MR) is 126 cm³/mol. The van der Waals surface area contributed by atoms with Crippen LogP contribution >= 0.6 is 11.3 Å². The van der Waals surface area contributed by atoms with E-state index in [1.807, 2.05) is 25.5 Å². The lowest BCUT2D eigenvalue weighted by molar-refractivity contribution is -0.0933. The molecule has 0 spiro atoms. The van der Waals surface area contributed by atoms with E-state index in [1.54, 1.807) is 38.3 Å². The predicted octanol–water partition coefficient (Wildman–Crippen LogP) is 3.91. The summed E-state index contributed by atoms with van der Waals surface area (Å²) in [6.07, 6.45) is -1.37. The number of benzene rings is 1. The smallest absolute Gasteiger partial charge is 0.408 e. The summed E-state index contributed by atoms with van der Waals surface area (Å²) < 4.78 is 43.7. The quantitative estimate of drug-likeness (QED) is 0.314. The summed E-state index contributed by atoms with van der Waals surface area (Å²) in [7, 11) is -4.37. The molecule has 1 heterocycles. The Morgan fingerprint density at radius 1 is 1.15 bits per heavy atom. The third-order valence-electron chi connectivity index (χ3n) is 4.14. The minimum atomic E-state index is -4.37. The molecule has 0 saturated heterocycles. The first-order valence-corrected chi connectivity index (χ1v) is 12.5. The molecule has 2 aromatic rings. The number of aromatic nitrogens is 1. The Hall–Kier alpha value is -2.41. The average molecular weight is 502 g/mol. The van der Waals surface area contributed by atoms with Crippen LogP contribution in [0.15, 0.2) is 29.6 Å². The summed E-state index contributed by atoms with van der Waals surface area (Å²) in [6.45, 7) is 10.8. The average Bonchev–Trinajstić information content (AvgIpc) is 3.07. The number of anilines is 1. The van der Waals surface area contributed by atoms with Crippen molar-refractivity contribution in [3.63, 3.8) is 0 Å². The number of amides is 1. The highest BCUT2D eigenvalue weighted by Crippen LogP contribution is 2.29. The summed E-state index contributed by atoms with van der Waals surface area (Å²) in [5, 5.41) is 15.0. The summed E-state index contributed by atoms with van der Waals surface area (Å²) >= 11 is 1.19. The second kappa shape index (κ2) is 10.2. The number of alkyl carbamates (subject to hydrolysis) is 1. The van der Waals surface area contributed by atoms with Gasteiger partial charge in [-0.2, -0.15) is 8.42 Å². The summed E-state index contributed by atoms with van der Waals surface area (Å²) in [4.78, 5) is 16.8. The van der Waals surface area contributed by atoms with Crippen molar-refractivity contribution in [2.45, 2.75) is 65.9 Å². The lowest BCUT2D eigenvalue weighted by Gasteiger charge is -2.25. The summed E-state index contributed by atoms with van der Waals surface area (Å²) in [5.41, 5.74) is 0.283. The van der Waals surface area contributed by atoms with E-state index in [4.69, 9.17) is 14.0 Å². The summed E-state index contributed by atoms with van der Waals surface area (Å²) in [6, 6.07) is 5.71. The molecule has 0 fully saturated rings. The van der Waals surface area contributed by atoms with E-state index in [1.165, 1.54) is 23.5 Å². The van der Waals surface area contributed by atoms with Crippen LogP contribution < -0.4 is 14.8 Å². The SMILES string of the molecule is CC(C)(C)OC(=O)N[C@@H](Cc1ccc(NS(=O)(=O)O)cc1)c1csc(OC(O)C(C)(C)C)n1. The molecule has 0 saturated carbocycles. The lowest BCUT2D eigenvalue weighted by atomic mass is 9.96. The molecule has 33 heavy (non-hydrogen) atoms. The normalized spacial score (nSPS) is 14.3. The second-order valence-corrected chi connectivity index (χ2v) is 11.5. The Morgan fingerprint density at radius 2 is 1.76 bits per heavy atom. The maximum absolute atomic E-state index is 12.4. The molecule has 10 nitrogen and oxygen atoms in total. The van der Waals surface area contributed by atoms with E-state index < -0.39 is 39.7 Å². The lowest BCUT2D eigenvalue weighted by Crippen LogP contribution is -2.36. The Morgan fingerprint density at radius 3 is 2.27 bits per heavy atom. The van der Waals surface area contributed by atoms with Crippen LogP contribution in [0.2, 0.25) is 0 Å². The minimum Gasteiger partial charge on any atom is -0.444 e. The fourth-order valence-corrected chi connectivity index (χ4v) is 3.71.